The molecule has 1 aromatic carbocycles. The molecule has 1 saturated heterocycles. The molecule has 0 spiro atoms. The summed E-state index contributed by atoms with van der Waals surface area (Å²) < 4.78 is 13.3. The lowest BCUT2D eigenvalue weighted by Gasteiger charge is -2.31. The summed E-state index contributed by atoms with van der Waals surface area (Å²) in [6.07, 6.45) is 1.73. The van der Waals surface area contributed by atoms with Crippen molar-refractivity contribution in [3.8, 4) is 0 Å². The molecule has 4 heteroatoms. The van der Waals surface area contributed by atoms with Gasteiger partial charge in [0.2, 0.25) is 0 Å². The van der Waals surface area contributed by atoms with E-state index in [1.807, 2.05) is 6.07 Å². The first-order chi connectivity index (χ1) is 8.70. The van der Waals surface area contributed by atoms with Gasteiger partial charge in [0.1, 0.15) is 5.82 Å². The number of aliphatic hydroxyl groups is 1. The Morgan fingerprint density at radius 1 is 1.50 bits per heavy atom. The van der Waals surface area contributed by atoms with Crippen LogP contribution < -0.4 is 10.2 Å². The van der Waals surface area contributed by atoms with Crippen molar-refractivity contribution < 1.29 is 9.50 Å². The van der Waals surface area contributed by atoms with Crippen LogP contribution in [0.3, 0.4) is 0 Å². The minimum absolute atomic E-state index is 0.159. The molecule has 1 aromatic rings. The normalized spacial score (nSPS) is 24.9. The molecule has 2 atom stereocenters. The number of rotatable bonds is 3. The average molecular weight is 252 g/mol. The molecule has 1 fully saturated rings. The van der Waals surface area contributed by atoms with Crippen molar-refractivity contribution >= 4 is 5.69 Å². The average Bonchev–Trinajstić information content (AvgIpc) is 2.53. The first-order valence-electron chi connectivity index (χ1n) is 6.57. The molecule has 1 aliphatic rings. The van der Waals surface area contributed by atoms with Crippen LogP contribution in [-0.4, -0.2) is 36.9 Å². The molecule has 0 saturated carbocycles. The number of anilines is 1. The van der Waals surface area contributed by atoms with Crippen LogP contribution in [0.1, 0.15) is 19.8 Å². The van der Waals surface area contributed by atoms with Gasteiger partial charge in [-0.15, -0.1) is 0 Å². The first-order valence-corrected chi connectivity index (χ1v) is 6.57. The number of hydrogen-bond acceptors (Lipinski definition) is 3. The standard InChI is InChI=1S/C14H21FN2O/c1-11-5-7-17(14(6-8-18)10-16-11)13-4-2-3-12(15)9-13/h2-4,9,11,14,16,18H,5-8,10H2,1H3. The van der Waals surface area contributed by atoms with Crippen molar-refractivity contribution in [3.63, 3.8) is 0 Å². The summed E-state index contributed by atoms with van der Waals surface area (Å²) in [7, 11) is 0. The van der Waals surface area contributed by atoms with Crippen LogP contribution in [0.2, 0.25) is 0 Å². The van der Waals surface area contributed by atoms with Gasteiger partial charge in [0.05, 0.1) is 0 Å². The van der Waals surface area contributed by atoms with Gasteiger partial charge in [0, 0.05) is 37.5 Å². The van der Waals surface area contributed by atoms with Gasteiger partial charge in [-0.3, -0.25) is 0 Å². The van der Waals surface area contributed by atoms with Crippen molar-refractivity contribution in [1.82, 2.24) is 5.32 Å². The summed E-state index contributed by atoms with van der Waals surface area (Å²) in [6.45, 7) is 4.04. The molecule has 0 amide bonds. The number of hydrogen-bond donors (Lipinski definition) is 2. The molecular weight excluding hydrogens is 231 g/mol. The third-order valence-electron chi connectivity index (χ3n) is 3.55. The van der Waals surface area contributed by atoms with Gasteiger partial charge in [-0.25, -0.2) is 4.39 Å². The maximum absolute atomic E-state index is 13.3. The Bertz CT molecular complexity index is 386. The third-order valence-corrected chi connectivity index (χ3v) is 3.55. The minimum atomic E-state index is -0.208. The van der Waals surface area contributed by atoms with Crippen LogP contribution in [-0.2, 0) is 0 Å². The number of benzene rings is 1. The largest absolute Gasteiger partial charge is 0.396 e. The van der Waals surface area contributed by atoms with Crippen molar-refractivity contribution in [2.24, 2.45) is 0 Å². The lowest BCUT2D eigenvalue weighted by molar-refractivity contribution is 0.272. The number of nitrogens with one attached hydrogen (secondary N) is 1. The van der Waals surface area contributed by atoms with Gasteiger partial charge in [-0.05, 0) is 38.0 Å². The lowest BCUT2D eigenvalue weighted by Crippen LogP contribution is -2.41. The van der Waals surface area contributed by atoms with E-state index in [0.29, 0.717) is 12.5 Å². The zero-order chi connectivity index (χ0) is 13.0. The van der Waals surface area contributed by atoms with Crippen molar-refractivity contribution in [1.29, 1.82) is 0 Å². The maximum atomic E-state index is 13.3. The van der Waals surface area contributed by atoms with Crippen LogP contribution in [0.5, 0.6) is 0 Å². The van der Waals surface area contributed by atoms with Gasteiger partial charge in [0.15, 0.2) is 0 Å². The molecular formula is C14H21FN2O. The van der Waals surface area contributed by atoms with E-state index in [1.54, 1.807) is 12.1 Å². The van der Waals surface area contributed by atoms with Crippen LogP contribution in [0.4, 0.5) is 10.1 Å². The predicted molar refractivity (Wildman–Crippen MR) is 71.3 cm³/mol. The molecule has 2 N–H and O–H groups in total. The van der Waals surface area contributed by atoms with Gasteiger partial charge < -0.3 is 15.3 Å². The highest BCUT2D eigenvalue weighted by molar-refractivity contribution is 5.47. The molecule has 2 unspecified atom stereocenters. The second-order valence-corrected chi connectivity index (χ2v) is 4.94. The SMILES string of the molecule is CC1CCN(c2cccc(F)c2)C(CCO)CN1. The van der Waals surface area contributed by atoms with E-state index in [1.165, 1.54) is 6.07 Å². The summed E-state index contributed by atoms with van der Waals surface area (Å²) >= 11 is 0. The van der Waals surface area contributed by atoms with Gasteiger partial charge in [-0.2, -0.15) is 0 Å². The monoisotopic (exact) mass is 252 g/mol. The molecule has 0 aromatic heterocycles. The van der Waals surface area contributed by atoms with E-state index in [9.17, 15) is 4.39 Å². The minimum Gasteiger partial charge on any atom is -0.396 e. The van der Waals surface area contributed by atoms with Gasteiger partial charge >= 0.3 is 0 Å². The van der Waals surface area contributed by atoms with Crippen molar-refractivity contribution in [3.05, 3.63) is 30.1 Å². The third kappa shape index (κ3) is 3.21. The molecule has 0 radical (unpaired) electrons. The Morgan fingerprint density at radius 2 is 2.33 bits per heavy atom. The summed E-state index contributed by atoms with van der Waals surface area (Å²) in [5, 5.41) is 12.6. The molecule has 2 rings (SSSR count). The van der Waals surface area contributed by atoms with E-state index in [4.69, 9.17) is 5.11 Å². The second kappa shape index (κ2) is 6.16. The summed E-state index contributed by atoms with van der Waals surface area (Å²) in [6, 6.07) is 7.39. The molecule has 18 heavy (non-hydrogen) atoms. The van der Waals surface area contributed by atoms with E-state index in [0.717, 1.165) is 25.2 Å². The summed E-state index contributed by atoms with van der Waals surface area (Å²) in [5.74, 6) is -0.208. The second-order valence-electron chi connectivity index (χ2n) is 4.94. The molecule has 100 valence electrons. The van der Waals surface area contributed by atoms with Crippen LogP contribution in [0, 0.1) is 5.82 Å². The Labute approximate surface area is 108 Å². The van der Waals surface area contributed by atoms with Crippen LogP contribution >= 0.6 is 0 Å². The summed E-state index contributed by atoms with van der Waals surface area (Å²) in [5.41, 5.74) is 0.907. The fraction of sp³-hybridized carbons (Fsp3) is 0.571. The Hall–Kier alpha value is -1.13. The zero-order valence-corrected chi connectivity index (χ0v) is 10.8. The molecule has 1 aliphatic heterocycles. The summed E-state index contributed by atoms with van der Waals surface area (Å²) in [4.78, 5) is 2.20. The smallest absolute Gasteiger partial charge is 0.125 e. The van der Waals surface area contributed by atoms with E-state index < -0.39 is 0 Å². The van der Waals surface area contributed by atoms with E-state index in [2.05, 4.69) is 17.1 Å². The lowest BCUT2D eigenvalue weighted by atomic mass is 10.1. The predicted octanol–water partition coefficient (Wildman–Crippen LogP) is 1.76. The first kappa shape index (κ1) is 13.3. The Balaban J connectivity index is 2.20. The van der Waals surface area contributed by atoms with Gasteiger partial charge in [0.25, 0.3) is 0 Å². The number of nitrogens with zero attached hydrogens (tertiary/aromatic N) is 1. The Morgan fingerprint density at radius 3 is 3.06 bits per heavy atom. The maximum Gasteiger partial charge on any atom is 0.125 e. The van der Waals surface area contributed by atoms with Crippen molar-refractivity contribution in [2.75, 3.05) is 24.6 Å². The quantitative estimate of drug-likeness (QED) is 0.860. The number of aliphatic hydroxyl groups excluding tert-OH is 1. The highest BCUT2D eigenvalue weighted by Crippen LogP contribution is 2.22. The zero-order valence-electron chi connectivity index (χ0n) is 10.8. The van der Waals surface area contributed by atoms with Crippen LogP contribution in [0.15, 0.2) is 24.3 Å². The fourth-order valence-electron chi connectivity index (χ4n) is 2.47. The van der Waals surface area contributed by atoms with Crippen LogP contribution in [0.25, 0.3) is 0 Å². The van der Waals surface area contributed by atoms with Crippen molar-refractivity contribution in [2.45, 2.75) is 31.8 Å². The fourth-order valence-corrected chi connectivity index (χ4v) is 2.47. The van der Waals surface area contributed by atoms with E-state index >= 15 is 0 Å². The molecule has 0 bridgehead atoms. The molecule has 0 aliphatic carbocycles. The van der Waals surface area contributed by atoms with Gasteiger partial charge in [-0.1, -0.05) is 6.07 Å². The van der Waals surface area contributed by atoms with E-state index in [-0.39, 0.29) is 18.5 Å². The molecule has 3 nitrogen and oxygen atoms in total. The Kier molecular flexibility index (Phi) is 4.55. The highest BCUT2D eigenvalue weighted by atomic mass is 19.1. The highest BCUT2D eigenvalue weighted by Gasteiger charge is 2.23. The number of halogens is 1. The molecule has 1 heterocycles. The topological polar surface area (TPSA) is 35.5 Å².